The molecule has 1 heterocycles. The quantitative estimate of drug-likeness (QED) is 0.847. The van der Waals surface area contributed by atoms with Crippen LogP contribution in [0.4, 0.5) is 4.39 Å². The van der Waals surface area contributed by atoms with E-state index in [1.54, 1.807) is 6.92 Å². The fourth-order valence-electron chi connectivity index (χ4n) is 2.20. The van der Waals surface area contributed by atoms with E-state index in [0.717, 1.165) is 25.9 Å². The third-order valence-corrected chi connectivity index (χ3v) is 3.35. The summed E-state index contributed by atoms with van der Waals surface area (Å²) < 4.78 is 13.8. The maximum absolute atomic E-state index is 13.8. The van der Waals surface area contributed by atoms with Crippen LogP contribution in [0.3, 0.4) is 0 Å². The molecule has 19 heavy (non-hydrogen) atoms. The van der Waals surface area contributed by atoms with Gasteiger partial charge in [0.2, 0.25) is 0 Å². The Balaban J connectivity index is 2.16. The van der Waals surface area contributed by atoms with Gasteiger partial charge in [-0.05, 0) is 50.6 Å². The van der Waals surface area contributed by atoms with Crippen LogP contribution in [0.2, 0.25) is 0 Å². The number of hydrogen-bond donors (Lipinski definition) is 2. The summed E-state index contributed by atoms with van der Waals surface area (Å²) in [5.41, 5.74) is 0.816. The van der Waals surface area contributed by atoms with Crippen LogP contribution in [0.5, 0.6) is 0 Å². The molecule has 0 aliphatic carbocycles. The molecule has 0 bridgehead atoms. The van der Waals surface area contributed by atoms with Crippen molar-refractivity contribution in [2.45, 2.75) is 25.8 Å². The van der Waals surface area contributed by atoms with Crippen molar-refractivity contribution in [1.29, 1.82) is 5.26 Å². The van der Waals surface area contributed by atoms with Crippen LogP contribution in [-0.2, 0) is 0 Å². The molecule has 1 aromatic rings. The Morgan fingerprint density at radius 1 is 1.47 bits per heavy atom. The van der Waals surface area contributed by atoms with Gasteiger partial charge >= 0.3 is 0 Å². The summed E-state index contributed by atoms with van der Waals surface area (Å²) in [7, 11) is 0. The van der Waals surface area contributed by atoms with Crippen molar-refractivity contribution in [2.24, 2.45) is 0 Å². The SMILES string of the molecule is Cc1cc(F)c(C(=O)NC2CCNCC2)cc1C#N. The van der Waals surface area contributed by atoms with Gasteiger partial charge in [0.25, 0.3) is 5.91 Å². The first-order valence-electron chi connectivity index (χ1n) is 6.33. The van der Waals surface area contributed by atoms with Crippen LogP contribution >= 0.6 is 0 Å². The van der Waals surface area contributed by atoms with Crippen molar-refractivity contribution in [2.75, 3.05) is 13.1 Å². The molecule has 1 aliphatic heterocycles. The van der Waals surface area contributed by atoms with E-state index in [9.17, 15) is 9.18 Å². The zero-order chi connectivity index (χ0) is 13.8. The lowest BCUT2D eigenvalue weighted by atomic mass is 10.0. The lowest BCUT2D eigenvalue weighted by molar-refractivity contribution is 0.0925. The lowest BCUT2D eigenvalue weighted by Crippen LogP contribution is -2.42. The van der Waals surface area contributed by atoms with Gasteiger partial charge in [0.05, 0.1) is 17.2 Å². The second-order valence-corrected chi connectivity index (χ2v) is 4.76. The number of aryl methyl sites for hydroxylation is 1. The number of nitriles is 1. The van der Waals surface area contributed by atoms with Gasteiger partial charge in [-0.25, -0.2) is 4.39 Å². The van der Waals surface area contributed by atoms with E-state index in [1.165, 1.54) is 12.1 Å². The number of nitrogens with zero attached hydrogens (tertiary/aromatic N) is 1. The summed E-state index contributed by atoms with van der Waals surface area (Å²) in [5.74, 6) is -1.02. The fourth-order valence-corrected chi connectivity index (χ4v) is 2.20. The second-order valence-electron chi connectivity index (χ2n) is 4.76. The van der Waals surface area contributed by atoms with E-state index in [0.29, 0.717) is 11.1 Å². The number of carbonyl (C=O) groups excluding carboxylic acids is 1. The topological polar surface area (TPSA) is 64.9 Å². The van der Waals surface area contributed by atoms with Crippen molar-refractivity contribution in [1.82, 2.24) is 10.6 Å². The Labute approximate surface area is 111 Å². The molecule has 0 saturated carbocycles. The number of piperidine rings is 1. The predicted octanol–water partition coefficient (Wildman–Crippen LogP) is 1.49. The van der Waals surface area contributed by atoms with E-state index in [1.807, 2.05) is 6.07 Å². The van der Waals surface area contributed by atoms with Crippen LogP contribution in [0.1, 0.15) is 34.3 Å². The molecule has 0 unspecified atom stereocenters. The molecule has 0 aromatic heterocycles. The molecule has 2 rings (SSSR count). The Morgan fingerprint density at radius 3 is 2.79 bits per heavy atom. The van der Waals surface area contributed by atoms with Gasteiger partial charge < -0.3 is 10.6 Å². The Morgan fingerprint density at radius 2 is 2.16 bits per heavy atom. The Hall–Kier alpha value is -1.93. The van der Waals surface area contributed by atoms with Gasteiger partial charge in [-0.3, -0.25) is 4.79 Å². The van der Waals surface area contributed by atoms with Crippen molar-refractivity contribution in [3.8, 4) is 6.07 Å². The van der Waals surface area contributed by atoms with Crippen LogP contribution in [0, 0.1) is 24.1 Å². The molecule has 1 amide bonds. The maximum atomic E-state index is 13.8. The number of hydrogen-bond acceptors (Lipinski definition) is 3. The summed E-state index contributed by atoms with van der Waals surface area (Å²) in [6.07, 6.45) is 1.68. The zero-order valence-electron chi connectivity index (χ0n) is 10.8. The van der Waals surface area contributed by atoms with E-state index >= 15 is 0 Å². The second kappa shape index (κ2) is 5.81. The molecule has 1 aromatic carbocycles. The van der Waals surface area contributed by atoms with Crippen LogP contribution < -0.4 is 10.6 Å². The highest BCUT2D eigenvalue weighted by atomic mass is 19.1. The highest BCUT2D eigenvalue weighted by Crippen LogP contribution is 2.15. The molecular formula is C14H16FN3O. The molecule has 0 atom stereocenters. The number of carbonyl (C=O) groups is 1. The minimum absolute atomic E-state index is 0.0549. The van der Waals surface area contributed by atoms with Gasteiger partial charge in [-0.2, -0.15) is 5.26 Å². The minimum atomic E-state index is -0.581. The molecule has 1 aliphatic rings. The van der Waals surface area contributed by atoms with Crippen molar-refractivity contribution in [3.05, 3.63) is 34.6 Å². The van der Waals surface area contributed by atoms with Crippen LogP contribution in [0.25, 0.3) is 0 Å². The van der Waals surface area contributed by atoms with Crippen LogP contribution in [0.15, 0.2) is 12.1 Å². The lowest BCUT2D eigenvalue weighted by Gasteiger charge is -2.23. The fraction of sp³-hybridized carbons (Fsp3) is 0.429. The van der Waals surface area contributed by atoms with Gasteiger partial charge in [-0.1, -0.05) is 0 Å². The molecule has 0 radical (unpaired) electrons. The monoisotopic (exact) mass is 261 g/mol. The first-order valence-corrected chi connectivity index (χ1v) is 6.33. The van der Waals surface area contributed by atoms with Crippen molar-refractivity contribution < 1.29 is 9.18 Å². The smallest absolute Gasteiger partial charge is 0.254 e. The predicted molar refractivity (Wildman–Crippen MR) is 69.2 cm³/mol. The third-order valence-electron chi connectivity index (χ3n) is 3.35. The zero-order valence-corrected chi connectivity index (χ0v) is 10.8. The summed E-state index contributed by atoms with van der Waals surface area (Å²) >= 11 is 0. The maximum Gasteiger partial charge on any atom is 0.254 e. The standard InChI is InChI=1S/C14H16FN3O/c1-9-6-13(15)12(7-10(9)8-16)14(19)18-11-2-4-17-5-3-11/h6-7,11,17H,2-5H2,1H3,(H,18,19). The molecular weight excluding hydrogens is 245 g/mol. The number of benzene rings is 1. The van der Waals surface area contributed by atoms with E-state index in [4.69, 9.17) is 5.26 Å². The molecule has 0 spiro atoms. The number of halogens is 1. The summed E-state index contributed by atoms with van der Waals surface area (Å²) in [5, 5.41) is 14.9. The number of rotatable bonds is 2. The molecule has 1 saturated heterocycles. The highest BCUT2D eigenvalue weighted by Gasteiger charge is 2.19. The minimum Gasteiger partial charge on any atom is -0.349 e. The molecule has 5 heteroatoms. The Kier molecular flexibility index (Phi) is 4.13. The molecule has 2 N–H and O–H groups in total. The van der Waals surface area contributed by atoms with Crippen LogP contribution in [-0.4, -0.2) is 25.0 Å². The number of nitrogens with one attached hydrogen (secondary N) is 2. The van der Waals surface area contributed by atoms with Gasteiger partial charge in [-0.15, -0.1) is 0 Å². The molecule has 4 nitrogen and oxygen atoms in total. The first-order chi connectivity index (χ1) is 9.11. The van der Waals surface area contributed by atoms with Gasteiger partial charge in [0, 0.05) is 6.04 Å². The third kappa shape index (κ3) is 3.09. The first kappa shape index (κ1) is 13.5. The largest absolute Gasteiger partial charge is 0.349 e. The van der Waals surface area contributed by atoms with E-state index < -0.39 is 11.7 Å². The van der Waals surface area contributed by atoms with Crippen molar-refractivity contribution in [3.63, 3.8) is 0 Å². The average Bonchev–Trinajstić information content (AvgIpc) is 2.40. The average molecular weight is 261 g/mol. The molecule has 1 fully saturated rings. The van der Waals surface area contributed by atoms with E-state index in [-0.39, 0.29) is 11.6 Å². The number of amides is 1. The van der Waals surface area contributed by atoms with Crippen molar-refractivity contribution >= 4 is 5.91 Å². The Bertz CT molecular complexity index is 530. The van der Waals surface area contributed by atoms with Gasteiger partial charge in [0.15, 0.2) is 0 Å². The summed E-state index contributed by atoms with van der Waals surface area (Å²) in [4.78, 5) is 12.0. The normalized spacial score (nSPS) is 15.8. The summed E-state index contributed by atoms with van der Waals surface area (Å²) in [6, 6.07) is 4.59. The summed E-state index contributed by atoms with van der Waals surface area (Å²) in [6.45, 7) is 3.35. The van der Waals surface area contributed by atoms with Gasteiger partial charge in [0.1, 0.15) is 5.82 Å². The highest BCUT2D eigenvalue weighted by molar-refractivity contribution is 5.95. The van der Waals surface area contributed by atoms with E-state index in [2.05, 4.69) is 10.6 Å². The molecule has 100 valence electrons.